The van der Waals surface area contributed by atoms with Crippen LogP contribution in [-0.2, 0) is 0 Å². The van der Waals surface area contributed by atoms with Gasteiger partial charge in [0.1, 0.15) is 0 Å². The molecule has 106 valence electrons. The molecule has 0 spiro atoms. The highest BCUT2D eigenvalue weighted by molar-refractivity contribution is 7.99. The van der Waals surface area contributed by atoms with Gasteiger partial charge in [-0.15, -0.1) is 0 Å². The molecule has 0 radical (unpaired) electrons. The molecule has 2 N–H and O–H groups in total. The Labute approximate surface area is 124 Å². The standard InChI is InChI=1S/C16H19NO2S/c18-8-2-1-4-13-5-3-6-15(10-13)16(19)17-11-14-7-9-20-12-14/h3,5-6,10,14,18H,2,7-9,11-12H2,(H,17,19). The van der Waals surface area contributed by atoms with E-state index in [9.17, 15) is 4.79 Å². The highest BCUT2D eigenvalue weighted by Crippen LogP contribution is 2.22. The summed E-state index contributed by atoms with van der Waals surface area (Å²) in [6.45, 7) is 0.818. The minimum absolute atomic E-state index is 0.0345. The molecule has 4 heteroatoms. The van der Waals surface area contributed by atoms with Crippen LogP contribution in [0, 0.1) is 17.8 Å². The van der Waals surface area contributed by atoms with Crippen molar-refractivity contribution < 1.29 is 9.90 Å². The van der Waals surface area contributed by atoms with Crippen LogP contribution >= 0.6 is 11.8 Å². The maximum Gasteiger partial charge on any atom is 0.251 e. The minimum Gasteiger partial charge on any atom is -0.395 e. The average molecular weight is 289 g/mol. The summed E-state index contributed by atoms with van der Waals surface area (Å²) in [5.41, 5.74) is 1.45. The van der Waals surface area contributed by atoms with E-state index >= 15 is 0 Å². The van der Waals surface area contributed by atoms with Crippen molar-refractivity contribution in [1.82, 2.24) is 5.32 Å². The summed E-state index contributed by atoms with van der Waals surface area (Å²) in [5.74, 6) is 8.73. The van der Waals surface area contributed by atoms with Crippen molar-refractivity contribution in [1.29, 1.82) is 0 Å². The molecule has 1 fully saturated rings. The van der Waals surface area contributed by atoms with Crippen molar-refractivity contribution in [3.63, 3.8) is 0 Å². The van der Waals surface area contributed by atoms with Gasteiger partial charge in [0.2, 0.25) is 0 Å². The molecule has 20 heavy (non-hydrogen) atoms. The van der Waals surface area contributed by atoms with Crippen molar-refractivity contribution in [2.24, 2.45) is 5.92 Å². The Balaban J connectivity index is 1.92. The summed E-state index contributed by atoms with van der Waals surface area (Å²) in [6.07, 6.45) is 1.65. The molecule has 1 amide bonds. The Bertz CT molecular complexity index is 513. The molecule has 1 atom stereocenters. The molecule has 0 aromatic heterocycles. The first kappa shape index (κ1) is 15.0. The Morgan fingerprint density at radius 3 is 3.15 bits per heavy atom. The molecule has 1 aliphatic rings. The molecule has 0 saturated carbocycles. The van der Waals surface area contributed by atoms with Gasteiger partial charge in [-0.2, -0.15) is 11.8 Å². The van der Waals surface area contributed by atoms with Gasteiger partial charge in [-0.3, -0.25) is 4.79 Å². The van der Waals surface area contributed by atoms with Crippen molar-refractivity contribution in [3.05, 3.63) is 35.4 Å². The van der Waals surface area contributed by atoms with Gasteiger partial charge in [0.25, 0.3) is 5.91 Å². The summed E-state index contributed by atoms with van der Waals surface area (Å²) in [6, 6.07) is 7.30. The smallest absolute Gasteiger partial charge is 0.251 e. The lowest BCUT2D eigenvalue weighted by Gasteiger charge is -2.10. The Hall–Kier alpha value is -1.44. The van der Waals surface area contributed by atoms with Crippen LogP contribution in [0.1, 0.15) is 28.8 Å². The number of aliphatic hydroxyl groups is 1. The number of nitrogens with one attached hydrogen (secondary N) is 1. The monoisotopic (exact) mass is 289 g/mol. The fourth-order valence-electron chi connectivity index (χ4n) is 2.04. The number of carbonyl (C=O) groups excluding carboxylic acids is 1. The van der Waals surface area contributed by atoms with Crippen molar-refractivity contribution in [2.75, 3.05) is 24.7 Å². The Morgan fingerprint density at radius 1 is 1.50 bits per heavy atom. The van der Waals surface area contributed by atoms with Crippen LogP contribution in [0.2, 0.25) is 0 Å². The molecule has 3 nitrogen and oxygen atoms in total. The van der Waals surface area contributed by atoms with Crippen molar-refractivity contribution in [2.45, 2.75) is 12.8 Å². The molecule has 1 aromatic carbocycles. The first-order valence-corrected chi connectivity index (χ1v) is 8.01. The first-order chi connectivity index (χ1) is 9.79. The van der Waals surface area contributed by atoms with E-state index in [1.165, 1.54) is 12.2 Å². The van der Waals surface area contributed by atoms with Crippen LogP contribution in [0.3, 0.4) is 0 Å². The summed E-state index contributed by atoms with van der Waals surface area (Å²) in [7, 11) is 0. The van der Waals surface area contributed by atoms with Crippen LogP contribution in [0.4, 0.5) is 0 Å². The molecule has 1 aliphatic heterocycles. The normalized spacial score (nSPS) is 17.4. The first-order valence-electron chi connectivity index (χ1n) is 6.85. The fraction of sp³-hybridized carbons (Fsp3) is 0.438. The number of aliphatic hydroxyl groups excluding tert-OH is 1. The number of rotatable bonds is 4. The highest BCUT2D eigenvalue weighted by atomic mass is 32.2. The van der Waals surface area contributed by atoms with E-state index in [1.54, 1.807) is 12.1 Å². The zero-order valence-electron chi connectivity index (χ0n) is 11.4. The molecule has 1 unspecified atom stereocenters. The lowest BCUT2D eigenvalue weighted by Crippen LogP contribution is -2.29. The molecule has 1 aromatic rings. The van der Waals surface area contributed by atoms with E-state index < -0.39 is 0 Å². The van der Waals surface area contributed by atoms with E-state index in [1.807, 2.05) is 23.9 Å². The van der Waals surface area contributed by atoms with Gasteiger partial charge in [0, 0.05) is 24.1 Å². The Morgan fingerprint density at radius 2 is 2.40 bits per heavy atom. The van der Waals surface area contributed by atoms with Crippen LogP contribution in [0.25, 0.3) is 0 Å². The van der Waals surface area contributed by atoms with Gasteiger partial charge in [0.15, 0.2) is 0 Å². The van der Waals surface area contributed by atoms with E-state index in [4.69, 9.17) is 5.11 Å². The number of hydrogen-bond donors (Lipinski definition) is 2. The van der Waals surface area contributed by atoms with Gasteiger partial charge in [-0.1, -0.05) is 17.9 Å². The highest BCUT2D eigenvalue weighted by Gasteiger charge is 2.16. The third-order valence-corrected chi connectivity index (χ3v) is 4.40. The number of carbonyl (C=O) groups is 1. The molecule has 2 rings (SSSR count). The lowest BCUT2D eigenvalue weighted by molar-refractivity contribution is 0.0948. The Kier molecular flexibility index (Phi) is 5.97. The minimum atomic E-state index is -0.0345. The zero-order valence-corrected chi connectivity index (χ0v) is 12.2. The third kappa shape index (κ3) is 4.59. The van der Waals surface area contributed by atoms with Gasteiger partial charge in [-0.25, -0.2) is 0 Å². The zero-order chi connectivity index (χ0) is 14.2. The molecule has 0 bridgehead atoms. The number of hydrogen-bond acceptors (Lipinski definition) is 3. The fourth-order valence-corrected chi connectivity index (χ4v) is 3.33. The molecule has 1 heterocycles. The second kappa shape index (κ2) is 7.98. The van der Waals surface area contributed by atoms with Gasteiger partial charge in [0.05, 0.1) is 6.61 Å². The van der Waals surface area contributed by atoms with E-state index in [0.717, 1.165) is 17.9 Å². The summed E-state index contributed by atoms with van der Waals surface area (Å²) < 4.78 is 0. The number of benzene rings is 1. The summed E-state index contributed by atoms with van der Waals surface area (Å²) in [4.78, 5) is 12.1. The maximum atomic E-state index is 12.1. The van der Waals surface area contributed by atoms with Crippen LogP contribution in [-0.4, -0.2) is 35.7 Å². The second-order valence-corrected chi connectivity index (χ2v) is 5.95. The van der Waals surface area contributed by atoms with E-state index in [0.29, 0.717) is 17.9 Å². The number of amides is 1. The van der Waals surface area contributed by atoms with Crippen molar-refractivity contribution in [3.8, 4) is 11.8 Å². The van der Waals surface area contributed by atoms with Gasteiger partial charge >= 0.3 is 0 Å². The third-order valence-electron chi connectivity index (χ3n) is 3.17. The SMILES string of the molecule is O=C(NCC1CCSC1)c1cccc(C#CCCO)c1. The molecular formula is C16H19NO2S. The molecule has 0 aliphatic carbocycles. The maximum absolute atomic E-state index is 12.1. The van der Waals surface area contributed by atoms with E-state index in [2.05, 4.69) is 17.2 Å². The second-order valence-electron chi connectivity index (χ2n) is 4.80. The number of thioether (sulfide) groups is 1. The van der Waals surface area contributed by atoms with Gasteiger partial charge < -0.3 is 10.4 Å². The lowest BCUT2D eigenvalue weighted by atomic mass is 10.1. The molecular weight excluding hydrogens is 270 g/mol. The quantitative estimate of drug-likeness (QED) is 0.832. The summed E-state index contributed by atoms with van der Waals surface area (Å²) >= 11 is 1.95. The molecule has 1 saturated heterocycles. The van der Waals surface area contributed by atoms with Crippen LogP contribution in [0.15, 0.2) is 24.3 Å². The predicted molar refractivity (Wildman–Crippen MR) is 82.8 cm³/mol. The van der Waals surface area contributed by atoms with Crippen LogP contribution in [0.5, 0.6) is 0 Å². The van der Waals surface area contributed by atoms with Gasteiger partial charge in [-0.05, 0) is 42.0 Å². The van der Waals surface area contributed by atoms with Crippen LogP contribution < -0.4 is 5.32 Å². The van der Waals surface area contributed by atoms with E-state index in [-0.39, 0.29) is 12.5 Å². The predicted octanol–water partition coefficient (Wildman–Crippen LogP) is 1.90. The summed E-state index contributed by atoms with van der Waals surface area (Å²) in [5, 5.41) is 11.7. The average Bonchev–Trinajstić information content (AvgIpc) is 2.99. The largest absolute Gasteiger partial charge is 0.395 e. The topological polar surface area (TPSA) is 49.3 Å². The van der Waals surface area contributed by atoms with Crippen molar-refractivity contribution >= 4 is 17.7 Å².